The number of rotatable bonds is 8. The Kier molecular flexibility index (Phi) is 5.86. The van der Waals surface area contributed by atoms with Crippen molar-refractivity contribution >= 4 is 0 Å². The second kappa shape index (κ2) is 6.69. The van der Waals surface area contributed by atoms with Crippen LogP contribution in [0.1, 0.15) is 40.0 Å². The van der Waals surface area contributed by atoms with Crippen LogP contribution in [0.4, 0.5) is 0 Å². The average Bonchev–Trinajstić information content (AvgIpc) is 2.30. The molecule has 3 atom stereocenters. The minimum Gasteiger partial charge on any atom is -0.392 e. The number of aliphatic hydroxyl groups is 2. The van der Waals surface area contributed by atoms with E-state index in [0.29, 0.717) is 19.2 Å². The predicted octanol–water partition coefficient (Wildman–Crippen LogP) is 0.913. The van der Waals surface area contributed by atoms with Crippen molar-refractivity contribution in [2.75, 3.05) is 19.8 Å². The molecule has 4 nitrogen and oxygen atoms in total. The van der Waals surface area contributed by atoms with Crippen LogP contribution in [0, 0.1) is 5.41 Å². The number of ether oxygens (including phenoxy) is 1. The van der Waals surface area contributed by atoms with Crippen LogP contribution in [0.2, 0.25) is 0 Å². The summed E-state index contributed by atoms with van der Waals surface area (Å²) in [5.74, 6) is 0. The summed E-state index contributed by atoms with van der Waals surface area (Å²) in [5, 5.41) is 22.6. The van der Waals surface area contributed by atoms with Crippen LogP contribution >= 0.6 is 0 Å². The molecule has 0 aromatic rings. The third-order valence-corrected chi connectivity index (χ3v) is 3.77. The van der Waals surface area contributed by atoms with Crippen molar-refractivity contribution in [1.29, 1.82) is 0 Å². The Bertz CT molecular complexity index is 221. The molecule has 3 N–H and O–H groups in total. The van der Waals surface area contributed by atoms with Crippen molar-refractivity contribution in [3.63, 3.8) is 0 Å². The van der Waals surface area contributed by atoms with E-state index in [1.54, 1.807) is 0 Å². The van der Waals surface area contributed by atoms with Gasteiger partial charge in [-0.05, 0) is 12.8 Å². The summed E-state index contributed by atoms with van der Waals surface area (Å²) in [4.78, 5) is 0. The van der Waals surface area contributed by atoms with Gasteiger partial charge in [-0.25, -0.2) is 0 Å². The van der Waals surface area contributed by atoms with Crippen molar-refractivity contribution in [1.82, 2.24) is 5.32 Å². The maximum atomic E-state index is 9.70. The van der Waals surface area contributed by atoms with Crippen LogP contribution in [0.15, 0.2) is 0 Å². The molecule has 0 aliphatic heterocycles. The summed E-state index contributed by atoms with van der Waals surface area (Å²) in [6, 6.07) is 0.294. The maximum absolute atomic E-state index is 9.70. The highest BCUT2D eigenvalue weighted by molar-refractivity contribution is 5.01. The molecule has 0 saturated heterocycles. The number of nitrogens with one attached hydrogen (secondary N) is 1. The van der Waals surface area contributed by atoms with E-state index >= 15 is 0 Å². The smallest absolute Gasteiger partial charge is 0.0897 e. The lowest BCUT2D eigenvalue weighted by atomic mass is 9.64. The Morgan fingerprint density at radius 1 is 1.47 bits per heavy atom. The van der Waals surface area contributed by atoms with E-state index in [2.05, 4.69) is 12.2 Å². The average molecular weight is 245 g/mol. The Morgan fingerprint density at radius 2 is 2.18 bits per heavy atom. The lowest BCUT2D eigenvalue weighted by molar-refractivity contribution is -0.0766. The zero-order valence-corrected chi connectivity index (χ0v) is 11.3. The van der Waals surface area contributed by atoms with Gasteiger partial charge in [-0.1, -0.05) is 27.2 Å². The fourth-order valence-electron chi connectivity index (χ4n) is 2.05. The van der Waals surface area contributed by atoms with Crippen LogP contribution in [0.3, 0.4) is 0 Å². The van der Waals surface area contributed by atoms with Gasteiger partial charge in [-0.3, -0.25) is 0 Å². The van der Waals surface area contributed by atoms with Crippen LogP contribution in [0.5, 0.6) is 0 Å². The van der Waals surface area contributed by atoms with Crippen LogP contribution in [-0.2, 0) is 4.74 Å². The third kappa shape index (κ3) is 4.21. The largest absolute Gasteiger partial charge is 0.392 e. The molecule has 0 bridgehead atoms. The summed E-state index contributed by atoms with van der Waals surface area (Å²) in [6.45, 7) is 7.86. The Morgan fingerprint density at radius 3 is 2.71 bits per heavy atom. The van der Waals surface area contributed by atoms with Crippen molar-refractivity contribution < 1.29 is 14.9 Å². The van der Waals surface area contributed by atoms with Gasteiger partial charge < -0.3 is 20.3 Å². The molecule has 1 saturated carbocycles. The number of aliphatic hydroxyl groups excluding tert-OH is 2. The standard InChI is InChI=1S/C13H27NO3/c1-4-5-6-17-9-10(15)8-14-11-7-12(16)13(11,2)3/h10-12,14-16H,4-9H2,1-3H3. The highest BCUT2D eigenvalue weighted by Gasteiger charge is 2.46. The number of unbranched alkanes of at least 4 members (excludes halogenated alkanes) is 1. The molecular formula is C13H27NO3. The number of hydrogen-bond acceptors (Lipinski definition) is 4. The summed E-state index contributed by atoms with van der Waals surface area (Å²) in [5.41, 5.74) is -0.0806. The lowest BCUT2D eigenvalue weighted by Crippen LogP contribution is -2.61. The first-order chi connectivity index (χ1) is 7.98. The minimum atomic E-state index is -0.458. The second-order valence-corrected chi connectivity index (χ2v) is 5.62. The Labute approximate surface area is 104 Å². The zero-order valence-electron chi connectivity index (χ0n) is 11.3. The topological polar surface area (TPSA) is 61.7 Å². The molecule has 0 aromatic carbocycles. The van der Waals surface area contributed by atoms with Crippen LogP contribution in [0.25, 0.3) is 0 Å². The molecule has 1 rings (SSSR count). The fraction of sp³-hybridized carbons (Fsp3) is 1.00. The van der Waals surface area contributed by atoms with E-state index in [9.17, 15) is 10.2 Å². The molecule has 0 radical (unpaired) electrons. The van der Waals surface area contributed by atoms with E-state index in [0.717, 1.165) is 25.9 Å². The van der Waals surface area contributed by atoms with Gasteiger partial charge >= 0.3 is 0 Å². The quantitative estimate of drug-likeness (QED) is 0.556. The van der Waals surface area contributed by atoms with E-state index in [1.165, 1.54) is 0 Å². The minimum absolute atomic E-state index is 0.0806. The molecular weight excluding hydrogens is 218 g/mol. The summed E-state index contributed by atoms with van der Waals surface area (Å²) >= 11 is 0. The molecule has 0 amide bonds. The normalized spacial score (nSPS) is 28.8. The monoisotopic (exact) mass is 245 g/mol. The van der Waals surface area contributed by atoms with Crippen molar-refractivity contribution in [3.8, 4) is 0 Å². The highest BCUT2D eigenvalue weighted by atomic mass is 16.5. The van der Waals surface area contributed by atoms with Gasteiger partial charge in [0.25, 0.3) is 0 Å². The highest BCUT2D eigenvalue weighted by Crippen LogP contribution is 2.40. The second-order valence-electron chi connectivity index (χ2n) is 5.62. The molecule has 0 heterocycles. The summed E-state index contributed by atoms with van der Waals surface area (Å²) in [7, 11) is 0. The fourth-order valence-corrected chi connectivity index (χ4v) is 2.05. The van der Waals surface area contributed by atoms with Crippen molar-refractivity contribution in [2.24, 2.45) is 5.41 Å². The first-order valence-corrected chi connectivity index (χ1v) is 6.65. The maximum Gasteiger partial charge on any atom is 0.0897 e. The van der Waals surface area contributed by atoms with Gasteiger partial charge in [0.15, 0.2) is 0 Å². The van der Waals surface area contributed by atoms with E-state index in [4.69, 9.17) is 4.74 Å². The van der Waals surface area contributed by atoms with Crippen LogP contribution in [-0.4, -0.2) is 48.2 Å². The van der Waals surface area contributed by atoms with Crippen LogP contribution < -0.4 is 5.32 Å². The van der Waals surface area contributed by atoms with Gasteiger partial charge in [-0.2, -0.15) is 0 Å². The van der Waals surface area contributed by atoms with Gasteiger partial charge in [-0.15, -0.1) is 0 Å². The zero-order chi connectivity index (χ0) is 12.9. The molecule has 17 heavy (non-hydrogen) atoms. The van der Waals surface area contributed by atoms with Gasteiger partial charge in [0.1, 0.15) is 0 Å². The molecule has 102 valence electrons. The van der Waals surface area contributed by atoms with Crippen molar-refractivity contribution in [3.05, 3.63) is 0 Å². The molecule has 3 unspecified atom stereocenters. The first kappa shape index (κ1) is 14.9. The molecule has 1 aliphatic carbocycles. The summed E-state index contributed by atoms with van der Waals surface area (Å²) < 4.78 is 5.35. The van der Waals surface area contributed by atoms with E-state index < -0.39 is 6.10 Å². The van der Waals surface area contributed by atoms with Gasteiger partial charge in [0, 0.05) is 24.6 Å². The third-order valence-electron chi connectivity index (χ3n) is 3.77. The SMILES string of the molecule is CCCCOCC(O)CNC1CC(O)C1(C)C. The Balaban J connectivity index is 2.06. The van der Waals surface area contributed by atoms with Gasteiger partial charge in [0.2, 0.25) is 0 Å². The molecule has 0 aromatic heterocycles. The molecule has 0 spiro atoms. The molecule has 4 heteroatoms. The first-order valence-electron chi connectivity index (χ1n) is 6.65. The van der Waals surface area contributed by atoms with Gasteiger partial charge in [0.05, 0.1) is 18.8 Å². The molecule has 1 fully saturated rings. The van der Waals surface area contributed by atoms with E-state index in [-0.39, 0.29) is 11.5 Å². The number of hydrogen-bond donors (Lipinski definition) is 3. The lowest BCUT2D eigenvalue weighted by Gasteiger charge is -2.49. The summed E-state index contributed by atoms with van der Waals surface area (Å²) in [6.07, 6.45) is 2.25. The predicted molar refractivity (Wildman–Crippen MR) is 67.9 cm³/mol. The Hall–Kier alpha value is -0.160. The van der Waals surface area contributed by atoms with E-state index in [1.807, 2.05) is 13.8 Å². The molecule has 1 aliphatic rings. The van der Waals surface area contributed by atoms with Crippen molar-refractivity contribution in [2.45, 2.75) is 58.3 Å².